The molecule has 2 aromatic rings. The van der Waals surface area contributed by atoms with Crippen LogP contribution >= 0.6 is 0 Å². The molecule has 2 heterocycles. The summed E-state index contributed by atoms with van der Waals surface area (Å²) in [5.41, 5.74) is 0.499. The molecule has 1 aliphatic heterocycles. The van der Waals surface area contributed by atoms with Crippen LogP contribution in [-0.4, -0.2) is 52.1 Å². The minimum atomic E-state index is -4.74. The maximum atomic E-state index is 12.9. The lowest BCUT2D eigenvalue weighted by Crippen LogP contribution is -2.64. The third kappa shape index (κ3) is 4.35. The molecule has 0 radical (unpaired) electrons. The number of amides is 1. The summed E-state index contributed by atoms with van der Waals surface area (Å²) < 4.78 is 59.0. The lowest BCUT2D eigenvalue weighted by Gasteiger charge is -2.46. The van der Waals surface area contributed by atoms with Crippen LogP contribution in [0.1, 0.15) is 13.8 Å². The molecule has 1 aromatic carbocycles. The van der Waals surface area contributed by atoms with E-state index in [1.165, 1.54) is 43.0 Å². The van der Waals surface area contributed by atoms with E-state index in [4.69, 9.17) is 4.42 Å². The molecular formula is C16H16F4N4O3. The zero-order valence-electron chi connectivity index (χ0n) is 14.3. The number of carbonyl (C=O) groups excluding carboxylic acids is 1. The molecular weight excluding hydrogens is 372 g/mol. The van der Waals surface area contributed by atoms with Gasteiger partial charge in [0.25, 0.3) is 0 Å². The van der Waals surface area contributed by atoms with Crippen molar-refractivity contribution in [3.05, 3.63) is 30.1 Å². The molecule has 1 fully saturated rings. The number of carbonyl (C=O) groups is 1. The number of anilines is 1. The quantitative estimate of drug-likeness (QED) is 0.794. The molecule has 3 atom stereocenters. The number of hydrogen-bond acceptors (Lipinski definition) is 6. The molecule has 1 aliphatic rings. The second-order valence-electron chi connectivity index (χ2n) is 6.12. The number of likely N-dealkylation sites (tertiary alicyclic amines) is 1. The van der Waals surface area contributed by atoms with E-state index in [1.807, 2.05) is 0 Å². The zero-order chi connectivity index (χ0) is 19.8. The smallest absolute Gasteiger partial charge is 0.403 e. The summed E-state index contributed by atoms with van der Waals surface area (Å²) in [6.07, 6.45) is -5.83. The first-order valence-electron chi connectivity index (χ1n) is 8.05. The summed E-state index contributed by atoms with van der Waals surface area (Å²) in [7, 11) is 0. The zero-order valence-corrected chi connectivity index (χ0v) is 14.3. The molecule has 27 heavy (non-hydrogen) atoms. The van der Waals surface area contributed by atoms with E-state index in [-0.39, 0.29) is 18.5 Å². The number of nitrogens with one attached hydrogen (secondary N) is 1. The van der Waals surface area contributed by atoms with E-state index in [0.717, 1.165) is 0 Å². The number of rotatable bonds is 5. The molecule has 0 bridgehead atoms. The van der Waals surface area contributed by atoms with Gasteiger partial charge in [0.1, 0.15) is 18.0 Å². The van der Waals surface area contributed by atoms with Gasteiger partial charge in [0.05, 0.1) is 6.04 Å². The van der Waals surface area contributed by atoms with Crippen molar-refractivity contribution >= 4 is 11.9 Å². The summed E-state index contributed by atoms with van der Waals surface area (Å²) in [5.74, 6) is -0.702. The van der Waals surface area contributed by atoms with E-state index in [1.54, 1.807) is 0 Å². The van der Waals surface area contributed by atoms with Crippen molar-refractivity contribution in [2.45, 2.75) is 38.4 Å². The molecule has 11 heteroatoms. The molecule has 1 saturated heterocycles. The standard InChI is InChI=1S/C16H16F4N4O3/c1-8(14(25)24-7-12(9(24)2)27-16(18,19)20)21-15-23-22-13(26-15)10-3-5-11(17)6-4-10/h3-6,8-9,12H,7H2,1-2H3,(H,21,23)/t8-,9-,12+/m1/s1. The first-order chi connectivity index (χ1) is 12.6. The van der Waals surface area contributed by atoms with Gasteiger partial charge in [0, 0.05) is 12.1 Å². The van der Waals surface area contributed by atoms with Crippen LogP contribution in [0, 0.1) is 5.82 Å². The Morgan fingerprint density at radius 3 is 2.59 bits per heavy atom. The number of benzene rings is 1. The van der Waals surface area contributed by atoms with E-state index in [2.05, 4.69) is 20.3 Å². The summed E-state index contributed by atoms with van der Waals surface area (Å²) >= 11 is 0. The van der Waals surface area contributed by atoms with Gasteiger partial charge in [-0.25, -0.2) is 4.39 Å². The molecule has 3 rings (SSSR count). The molecule has 1 aromatic heterocycles. The van der Waals surface area contributed by atoms with Crippen molar-refractivity contribution in [1.29, 1.82) is 0 Å². The normalized spacial score (nSPS) is 20.9. The van der Waals surface area contributed by atoms with Gasteiger partial charge < -0.3 is 14.6 Å². The summed E-state index contributed by atoms with van der Waals surface area (Å²) in [4.78, 5) is 13.6. The molecule has 7 nitrogen and oxygen atoms in total. The maximum absolute atomic E-state index is 12.9. The Bertz CT molecular complexity index is 809. The van der Waals surface area contributed by atoms with Crippen molar-refractivity contribution < 1.29 is 31.5 Å². The largest absolute Gasteiger partial charge is 0.522 e. The lowest BCUT2D eigenvalue weighted by molar-refractivity contribution is -0.359. The third-order valence-electron chi connectivity index (χ3n) is 4.20. The van der Waals surface area contributed by atoms with E-state index in [0.29, 0.717) is 5.56 Å². The summed E-state index contributed by atoms with van der Waals surface area (Å²) in [6, 6.07) is 3.86. The number of ether oxygens (including phenoxy) is 1. The van der Waals surface area contributed by atoms with Gasteiger partial charge in [-0.15, -0.1) is 18.3 Å². The van der Waals surface area contributed by atoms with E-state index >= 15 is 0 Å². The Morgan fingerprint density at radius 1 is 1.33 bits per heavy atom. The van der Waals surface area contributed by atoms with E-state index < -0.39 is 36.3 Å². The van der Waals surface area contributed by atoms with Gasteiger partial charge in [-0.1, -0.05) is 5.10 Å². The molecule has 146 valence electrons. The van der Waals surface area contributed by atoms with Crippen LogP contribution in [0.2, 0.25) is 0 Å². The fraction of sp³-hybridized carbons (Fsp3) is 0.438. The summed E-state index contributed by atoms with van der Waals surface area (Å²) in [6.45, 7) is 2.84. The highest BCUT2D eigenvalue weighted by Gasteiger charge is 2.46. The Morgan fingerprint density at radius 2 is 2.00 bits per heavy atom. The second kappa shape index (κ2) is 7.14. The van der Waals surface area contributed by atoms with Crippen LogP contribution in [0.25, 0.3) is 11.5 Å². The van der Waals surface area contributed by atoms with Crippen molar-refractivity contribution in [3.8, 4) is 11.5 Å². The number of halogens is 4. The van der Waals surface area contributed by atoms with Crippen LogP contribution in [0.5, 0.6) is 0 Å². The predicted molar refractivity (Wildman–Crippen MR) is 84.9 cm³/mol. The van der Waals surface area contributed by atoms with Gasteiger partial charge in [-0.05, 0) is 38.1 Å². The number of hydrogen-bond donors (Lipinski definition) is 1. The van der Waals surface area contributed by atoms with Crippen molar-refractivity contribution in [2.24, 2.45) is 0 Å². The number of alkyl halides is 3. The van der Waals surface area contributed by atoms with Crippen LogP contribution in [0.4, 0.5) is 23.6 Å². The van der Waals surface area contributed by atoms with Crippen molar-refractivity contribution in [2.75, 3.05) is 11.9 Å². The van der Waals surface area contributed by atoms with Gasteiger partial charge in [-0.2, -0.15) is 0 Å². The monoisotopic (exact) mass is 388 g/mol. The first-order valence-corrected chi connectivity index (χ1v) is 8.05. The van der Waals surface area contributed by atoms with E-state index in [9.17, 15) is 22.4 Å². The average molecular weight is 388 g/mol. The molecule has 0 unspecified atom stereocenters. The number of nitrogens with zero attached hydrogens (tertiary/aromatic N) is 3. The molecule has 1 amide bonds. The fourth-order valence-electron chi connectivity index (χ4n) is 2.66. The highest BCUT2D eigenvalue weighted by Crippen LogP contribution is 2.29. The van der Waals surface area contributed by atoms with Crippen LogP contribution in [0.3, 0.4) is 0 Å². The molecule has 0 saturated carbocycles. The van der Waals surface area contributed by atoms with Crippen molar-refractivity contribution in [3.63, 3.8) is 0 Å². The topological polar surface area (TPSA) is 80.5 Å². The van der Waals surface area contributed by atoms with Gasteiger partial charge in [0.2, 0.25) is 11.8 Å². The fourth-order valence-corrected chi connectivity index (χ4v) is 2.66. The third-order valence-corrected chi connectivity index (χ3v) is 4.20. The molecule has 0 spiro atoms. The Labute approximate surface area is 151 Å². The van der Waals surface area contributed by atoms with Crippen LogP contribution < -0.4 is 5.32 Å². The SMILES string of the molecule is C[C@@H]1[C@@H](OC(F)(F)F)CN1C(=O)[C@@H](C)Nc1nnc(-c2ccc(F)cc2)o1. The Balaban J connectivity index is 1.57. The molecule has 1 N–H and O–H groups in total. The predicted octanol–water partition coefficient (Wildman–Crippen LogP) is 2.81. The van der Waals surface area contributed by atoms with Gasteiger partial charge >= 0.3 is 12.4 Å². The Kier molecular flexibility index (Phi) is 5.05. The van der Waals surface area contributed by atoms with Crippen molar-refractivity contribution in [1.82, 2.24) is 15.1 Å². The van der Waals surface area contributed by atoms with Gasteiger partial charge in [0.15, 0.2) is 0 Å². The average Bonchev–Trinajstić information content (AvgIpc) is 3.05. The second-order valence-corrected chi connectivity index (χ2v) is 6.12. The summed E-state index contributed by atoms with van der Waals surface area (Å²) in [5, 5.41) is 10.3. The highest BCUT2D eigenvalue weighted by molar-refractivity contribution is 5.84. The highest BCUT2D eigenvalue weighted by atomic mass is 19.4. The van der Waals surface area contributed by atoms with Gasteiger partial charge in [-0.3, -0.25) is 9.53 Å². The Hall–Kier alpha value is -2.69. The number of aromatic nitrogens is 2. The minimum Gasteiger partial charge on any atom is -0.403 e. The van der Waals surface area contributed by atoms with Crippen LogP contribution in [0.15, 0.2) is 28.7 Å². The lowest BCUT2D eigenvalue weighted by atomic mass is 10.00. The first kappa shape index (κ1) is 19.1. The maximum Gasteiger partial charge on any atom is 0.522 e. The minimum absolute atomic E-state index is 0.0357. The molecule has 0 aliphatic carbocycles. The van der Waals surface area contributed by atoms with Crippen LogP contribution in [-0.2, 0) is 9.53 Å².